The molecule has 0 aromatic carbocycles. The summed E-state index contributed by atoms with van der Waals surface area (Å²) in [6, 6.07) is 0. The molecule has 0 unspecified atom stereocenters. The van der Waals surface area contributed by atoms with Crippen LogP contribution in [0.25, 0.3) is 0 Å². The van der Waals surface area contributed by atoms with Gasteiger partial charge in [0.05, 0.1) is 6.10 Å². The number of aliphatic hydroxyl groups is 3. The van der Waals surface area contributed by atoms with Gasteiger partial charge in [-0.1, -0.05) is 12.2 Å². The minimum atomic E-state index is -1.86. The van der Waals surface area contributed by atoms with Crippen LogP contribution in [0.3, 0.4) is 0 Å². The monoisotopic (exact) mass is 313 g/mol. The van der Waals surface area contributed by atoms with Crippen molar-refractivity contribution in [2.24, 2.45) is 0 Å². The fraction of sp³-hybridized carbons (Fsp3) is 0.733. The SMILES string of the molecule is O=C1CCCC/C=C\CNC(=O)[C@]2(O)C[C@@H](O)[C@@H](O)[C@@H](C2)O1. The second-order valence-electron chi connectivity index (χ2n) is 5.95. The van der Waals surface area contributed by atoms with Crippen LogP contribution in [-0.2, 0) is 14.3 Å². The first-order valence-corrected chi connectivity index (χ1v) is 7.64. The molecule has 0 saturated heterocycles. The summed E-state index contributed by atoms with van der Waals surface area (Å²) in [5.41, 5.74) is -1.86. The van der Waals surface area contributed by atoms with Gasteiger partial charge in [0.2, 0.25) is 0 Å². The van der Waals surface area contributed by atoms with Crippen LogP contribution in [0, 0.1) is 0 Å². The molecule has 2 aliphatic rings. The molecule has 0 aromatic rings. The van der Waals surface area contributed by atoms with E-state index >= 15 is 0 Å². The molecule has 2 bridgehead atoms. The van der Waals surface area contributed by atoms with Gasteiger partial charge in [0, 0.05) is 25.8 Å². The van der Waals surface area contributed by atoms with Crippen LogP contribution in [0.15, 0.2) is 12.2 Å². The number of hydrogen-bond donors (Lipinski definition) is 4. The van der Waals surface area contributed by atoms with Crippen molar-refractivity contribution >= 4 is 11.9 Å². The molecule has 4 atom stereocenters. The van der Waals surface area contributed by atoms with Gasteiger partial charge in [-0.05, 0) is 19.3 Å². The fourth-order valence-electron chi connectivity index (χ4n) is 2.82. The van der Waals surface area contributed by atoms with Crippen LogP contribution in [0.2, 0.25) is 0 Å². The number of carbonyl (C=O) groups excluding carboxylic acids is 2. The zero-order valence-electron chi connectivity index (χ0n) is 12.4. The highest BCUT2D eigenvalue weighted by molar-refractivity contribution is 5.85. The van der Waals surface area contributed by atoms with Crippen LogP contribution in [0.5, 0.6) is 0 Å². The first kappa shape index (κ1) is 16.9. The van der Waals surface area contributed by atoms with Crippen LogP contribution in [0.1, 0.15) is 38.5 Å². The van der Waals surface area contributed by atoms with E-state index in [9.17, 15) is 24.9 Å². The van der Waals surface area contributed by atoms with E-state index in [1.54, 1.807) is 6.08 Å². The highest BCUT2D eigenvalue weighted by atomic mass is 16.6. The summed E-state index contributed by atoms with van der Waals surface area (Å²) < 4.78 is 5.16. The number of nitrogens with one attached hydrogen (secondary N) is 1. The van der Waals surface area contributed by atoms with E-state index in [2.05, 4.69) is 5.32 Å². The number of ether oxygens (including phenoxy) is 1. The zero-order chi connectivity index (χ0) is 16.2. The number of hydrogen-bond acceptors (Lipinski definition) is 6. The first-order valence-electron chi connectivity index (χ1n) is 7.64. The summed E-state index contributed by atoms with van der Waals surface area (Å²) in [6.45, 7) is 0.282. The predicted octanol–water partition coefficient (Wildman–Crippen LogP) is -0.609. The lowest BCUT2D eigenvalue weighted by atomic mass is 9.79. The summed E-state index contributed by atoms with van der Waals surface area (Å²) >= 11 is 0. The van der Waals surface area contributed by atoms with Gasteiger partial charge in [-0.15, -0.1) is 0 Å². The molecule has 1 aliphatic heterocycles. The van der Waals surface area contributed by atoms with Crippen molar-refractivity contribution in [2.45, 2.75) is 62.4 Å². The van der Waals surface area contributed by atoms with E-state index < -0.39 is 35.8 Å². The molecule has 0 spiro atoms. The average Bonchev–Trinajstić information content (AvgIpc) is 2.46. The van der Waals surface area contributed by atoms with Gasteiger partial charge in [0.15, 0.2) is 0 Å². The van der Waals surface area contributed by atoms with Crippen LogP contribution < -0.4 is 5.32 Å². The van der Waals surface area contributed by atoms with Crippen LogP contribution in [-0.4, -0.2) is 57.7 Å². The Morgan fingerprint density at radius 1 is 1.18 bits per heavy atom. The third-order valence-electron chi connectivity index (χ3n) is 4.12. The molecular weight excluding hydrogens is 290 g/mol. The summed E-state index contributed by atoms with van der Waals surface area (Å²) in [5.74, 6) is -1.14. The molecule has 1 amide bonds. The molecule has 7 heteroatoms. The summed E-state index contributed by atoms with van der Waals surface area (Å²) in [5, 5.41) is 32.8. The minimum absolute atomic E-state index is 0.206. The van der Waals surface area contributed by atoms with Crippen molar-refractivity contribution < 1.29 is 29.6 Å². The van der Waals surface area contributed by atoms with E-state index in [1.807, 2.05) is 6.08 Å². The van der Waals surface area contributed by atoms with Crippen LogP contribution in [0.4, 0.5) is 0 Å². The Bertz CT molecular complexity index is 451. The first-order chi connectivity index (χ1) is 10.4. The third kappa shape index (κ3) is 4.06. The minimum Gasteiger partial charge on any atom is -0.459 e. The van der Waals surface area contributed by atoms with Gasteiger partial charge in [-0.25, -0.2) is 0 Å². The molecular formula is C15H23NO6. The zero-order valence-corrected chi connectivity index (χ0v) is 12.4. The second-order valence-corrected chi connectivity index (χ2v) is 5.95. The molecule has 1 aliphatic carbocycles. The molecule has 1 heterocycles. The van der Waals surface area contributed by atoms with Gasteiger partial charge < -0.3 is 25.4 Å². The molecule has 0 aromatic heterocycles. The van der Waals surface area contributed by atoms with E-state index in [-0.39, 0.29) is 25.8 Å². The Hall–Kier alpha value is -1.44. The Morgan fingerprint density at radius 3 is 2.73 bits per heavy atom. The highest BCUT2D eigenvalue weighted by Crippen LogP contribution is 2.31. The van der Waals surface area contributed by atoms with E-state index in [0.29, 0.717) is 6.42 Å². The molecule has 4 N–H and O–H groups in total. The molecule has 0 radical (unpaired) electrons. The largest absolute Gasteiger partial charge is 0.459 e. The lowest BCUT2D eigenvalue weighted by Crippen LogP contribution is -2.59. The number of allylic oxidation sites excluding steroid dienone is 1. The summed E-state index contributed by atoms with van der Waals surface area (Å²) in [7, 11) is 0. The molecule has 124 valence electrons. The number of amides is 1. The van der Waals surface area contributed by atoms with Crippen molar-refractivity contribution in [1.82, 2.24) is 5.32 Å². The van der Waals surface area contributed by atoms with Crippen molar-refractivity contribution in [3.63, 3.8) is 0 Å². The maximum absolute atomic E-state index is 12.1. The smallest absolute Gasteiger partial charge is 0.306 e. The quantitative estimate of drug-likeness (QED) is 0.350. The molecule has 1 fully saturated rings. The van der Waals surface area contributed by atoms with Gasteiger partial charge in [0.25, 0.3) is 5.91 Å². The number of fused-ring (bicyclic) bond motifs is 2. The standard InChI is InChI=1S/C15H23NO6/c17-10-8-15(21)9-11(13(10)19)22-12(18)6-4-2-1-3-5-7-16-14(15)20/h3,5,10-11,13,17,19,21H,1-2,4,6-9H2,(H,16,20)/b5-3-/t10-,11-,13-,15+/m1/s1. The second kappa shape index (κ2) is 7.21. The van der Waals surface area contributed by atoms with E-state index in [0.717, 1.165) is 12.8 Å². The Kier molecular flexibility index (Phi) is 5.55. The van der Waals surface area contributed by atoms with Gasteiger partial charge >= 0.3 is 5.97 Å². The van der Waals surface area contributed by atoms with Gasteiger partial charge in [0.1, 0.15) is 17.8 Å². The number of rotatable bonds is 0. The Balaban J connectivity index is 2.17. The van der Waals surface area contributed by atoms with E-state index in [1.165, 1.54) is 0 Å². The maximum Gasteiger partial charge on any atom is 0.306 e. The normalized spacial score (nSPS) is 39.3. The Morgan fingerprint density at radius 2 is 1.95 bits per heavy atom. The van der Waals surface area contributed by atoms with Crippen LogP contribution >= 0.6 is 0 Å². The third-order valence-corrected chi connectivity index (χ3v) is 4.12. The predicted molar refractivity (Wildman–Crippen MR) is 76.7 cm³/mol. The summed E-state index contributed by atoms with van der Waals surface area (Å²) in [6.07, 6.45) is 1.92. The Labute approximate surface area is 129 Å². The number of carbonyl (C=O) groups is 2. The fourth-order valence-corrected chi connectivity index (χ4v) is 2.82. The average molecular weight is 313 g/mol. The van der Waals surface area contributed by atoms with Gasteiger partial charge in [-0.2, -0.15) is 0 Å². The van der Waals surface area contributed by atoms with E-state index in [4.69, 9.17) is 4.74 Å². The van der Waals surface area contributed by atoms with Crippen molar-refractivity contribution in [2.75, 3.05) is 6.54 Å². The topological polar surface area (TPSA) is 116 Å². The maximum atomic E-state index is 12.1. The van der Waals surface area contributed by atoms with Crippen molar-refractivity contribution in [3.8, 4) is 0 Å². The van der Waals surface area contributed by atoms with Crippen molar-refractivity contribution in [1.29, 1.82) is 0 Å². The van der Waals surface area contributed by atoms with Crippen molar-refractivity contribution in [3.05, 3.63) is 12.2 Å². The molecule has 1 saturated carbocycles. The molecule has 7 nitrogen and oxygen atoms in total. The highest BCUT2D eigenvalue weighted by Gasteiger charge is 2.50. The van der Waals surface area contributed by atoms with Gasteiger partial charge in [-0.3, -0.25) is 9.59 Å². The lowest BCUT2D eigenvalue weighted by molar-refractivity contribution is -0.190. The summed E-state index contributed by atoms with van der Waals surface area (Å²) in [4.78, 5) is 23.9. The number of esters is 1. The lowest BCUT2D eigenvalue weighted by Gasteiger charge is -2.40. The molecule has 22 heavy (non-hydrogen) atoms. The number of aliphatic hydroxyl groups excluding tert-OH is 2. The molecule has 2 rings (SSSR count).